The maximum atomic E-state index is 11.5. The average molecular weight is 238 g/mol. The Morgan fingerprint density at radius 3 is 2.81 bits per heavy atom. The normalized spacial score (nSPS) is 10.4. The van der Waals surface area contributed by atoms with Crippen molar-refractivity contribution < 1.29 is 9.53 Å². The van der Waals surface area contributed by atoms with Crippen LogP contribution >= 0.6 is 11.6 Å². The number of hydrogen-bond acceptors (Lipinski definition) is 3. The first-order valence-electron chi connectivity index (χ1n) is 4.52. The molecule has 0 bridgehead atoms. The smallest absolute Gasteiger partial charge is 0.343 e. The van der Waals surface area contributed by atoms with Gasteiger partial charge in [0.15, 0.2) is 0 Å². The lowest BCUT2D eigenvalue weighted by atomic mass is 10.1. The summed E-state index contributed by atoms with van der Waals surface area (Å²) in [6.45, 7) is 0. The van der Waals surface area contributed by atoms with Crippen molar-refractivity contribution in [3.63, 3.8) is 0 Å². The van der Waals surface area contributed by atoms with Gasteiger partial charge in [0, 0.05) is 15.9 Å². The summed E-state index contributed by atoms with van der Waals surface area (Å²) in [7, 11) is 1.23. The van der Waals surface area contributed by atoms with E-state index in [1.165, 1.54) is 13.2 Å². The summed E-state index contributed by atoms with van der Waals surface area (Å²) in [5.41, 5.74) is 0.126. The number of nitrogens with one attached hydrogen (secondary N) is 1. The minimum atomic E-state index is -0.664. The maximum absolute atomic E-state index is 11.5. The average Bonchev–Trinajstić information content (AvgIpc) is 2.28. The van der Waals surface area contributed by atoms with Crippen molar-refractivity contribution in [3.8, 4) is 0 Å². The number of benzene rings is 1. The largest absolute Gasteiger partial charge is 0.465 e. The third kappa shape index (κ3) is 1.79. The van der Waals surface area contributed by atoms with Crippen LogP contribution in [0.15, 0.2) is 29.1 Å². The van der Waals surface area contributed by atoms with E-state index in [9.17, 15) is 9.59 Å². The first kappa shape index (κ1) is 10.7. The Labute approximate surface area is 95.8 Å². The molecule has 0 saturated carbocycles. The van der Waals surface area contributed by atoms with Crippen LogP contribution in [0, 0.1) is 0 Å². The number of ether oxygens (including phenoxy) is 1. The van der Waals surface area contributed by atoms with E-state index in [4.69, 9.17) is 11.6 Å². The molecular formula is C11H8ClNO3. The van der Waals surface area contributed by atoms with E-state index >= 15 is 0 Å². The molecule has 1 heterocycles. The van der Waals surface area contributed by atoms with Crippen molar-refractivity contribution in [2.75, 3.05) is 7.11 Å². The Morgan fingerprint density at radius 1 is 1.38 bits per heavy atom. The molecule has 82 valence electrons. The fourth-order valence-corrected chi connectivity index (χ4v) is 1.62. The fraction of sp³-hybridized carbons (Fsp3) is 0.0909. The van der Waals surface area contributed by atoms with Crippen molar-refractivity contribution in [2.24, 2.45) is 0 Å². The molecule has 0 fully saturated rings. The van der Waals surface area contributed by atoms with E-state index in [1.54, 1.807) is 18.2 Å². The molecule has 0 aliphatic rings. The van der Waals surface area contributed by atoms with Crippen LogP contribution in [-0.2, 0) is 4.74 Å². The maximum Gasteiger partial charge on any atom is 0.343 e. The molecule has 0 aliphatic carbocycles. The van der Waals surface area contributed by atoms with E-state index in [0.717, 1.165) is 0 Å². The van der Waals surface area contributed by atoms with Gasteiger partial charge >= 0.3 is 5.97 Å². The molecule has 0 aliphatic heterocycles. The van der Waals surface area contributed by atoms with Gasteiger partial charge in [0.05, 0.1) is 7.11 Å². The first-order chi connectivity index (χ1) is 7.61. The summed E-state index contributed by atoms with van der Waals surface area (Å²) < 4.78 is 4.50. The number of aromatic amines is 1. The second-order valence-electron chi connectivity index (χ2n) is 3.24. The fourth-order valence-electron chi connectivity index (χ4n) is 1.44. The standard InChI is InChI=1S/C11H8ClNO3/c1-16-11(15)8-5-6-4-7(12)2-3-9(6)13-10(8)14/h2-5H,1H3,(H,13,14). The molecule has 0 saturated heterocycles. The Balaban J connectivity index is 2.74. The number of carbonyl (C=O) groups is 1. The molecular weight excluding hydrogens is 230 g/mol. The van der Waals surface area contributed by atoms with Gasteiger partial charge in [-0.15, -0.1) is 0 Å². The summed E-state index contributed by atoms with van der Waals surface area (Å²) in [5.74, 6) is -0.664. The van der Waals surface area contributed by atoms with Crippen molar-refractivity contribution in [1.82, 2.24) is 4.98 Å². The van der Waals surface area contributed by atoms with Crippen LogP contribution in [0.25, 0.3) is 10.9 Å². The number of carbonyl (C=O) groups excluding carboxylic acids is 1. The summed E-state index contributed by atoms with van der Waals surface area (Å²) >= 11 is 5.82. The highest BCUT2D eigenvalue weighted by atomic mass is 35.5. The zero-order valence-electron chi connectivity index (χ0n) is 8.41. The van der Waals surface area contributed by atoms with E-state index in [0.29, 0.717) is 15.9 Å². The van der Waals surface area contributed by atoms with Crippen molar-refractivity contribution in [1.29, 1.82) is 0 Å². The highest BCUT2D eigenvalue weighted by Crippen LogP contribution is 2.17. The lowest BCUT2D eigenvalue weighted by Gasteiger charge is -2.01. The second-order valence-corrected chi connectivity index (χ2v) is 3.67. The predicted molar refractivity (Wildman–Crippen MR) is 60.9 cm³/mol. The lowest BCUT2D eigenvalue weighted by molar-refractivity contribution is 0.0599. The SMILES string of the molecule is COC(=O)c1cc2cc(Cl)ccc2[nH]c1=O. The molecule has 16 heavy (non-hydrogen) atoms. The quantitative estimate of drug-likeness (QED) is 0.772. The molecule has 2 rings (SSSR count). The number of aromatic nitrogens is 1. The molecule has 0 spiro atoms. The van der Waals surface area contributed by atoms with Gasteiger partial charge in [-0.1, -0.05) is 11.6 Å². The van der Waals surface area contributed by atoms with Gasteiger partial charge in [0.2, 0.25) is 0 Å². The van der Waals surface area contributed by atoms with Crippen LogP contribution in [-0.4, -0.2) is 18.1 Å². The summed E-state index contributed by atoms with van der Waals surface area (Å²) in [5, 5.41) is 1.22. The van der Waals surface area contributed by atoms with Crippen molar-refractivity contribution >= 4 is 28.5 Å². The van der Waals surface area contributed by atoms with E-state index in [2.05, 4.69) is 9.72 Å². The predicted octanol–water partition coefficient (Wildman–Crippen LogP) is 1.97. The van der Waals surface area contributed by atoms with Gasteiger partial charge in [-0.3, -0.25) is 4.79 Å². The molecule has 4 nitrogen and oxygen atoms in total. The van der Waals surface area contributed by atoms with Gasteiger partial charge < -0.3 is 9.72 Å². The molecule has 0 unspecified atom stereocenters. The highest BCUT2D eigenvalue weighted by molar-refractivity contribution is 6.31. The first-order valence-corrected chi connectivity index (χ1v) is 4.90. The van der Waals surface area contributed by atoms with Gasteiger partial charge in [-0.2, -0.15) is 0 Å². The lowest BCUT2D eigenvalue weighted by Crippen LogP contribution is -2.18. The molecule has 2 aromatic rings. The highest BCUT2D eigenvalue weighted by Gasteiger charge is 2.11. The number of H-pyrrole nitrogens is 1. The van der Waals surface area contributed by atoms with Crippen LogP contribution < -0.4 is 5.56 Å². The Morgan fingerprint density at radius 2 is 2.12 bits per heavy atom. The third-order valence-corrected chi connectivity index (χ3v) is 2.45. The van der Waals surface area contributed by atoms with Crippen LogP contribution in [0.4, 0.5) is 0 Å². The molecule has 1 aromatic carbocycles. The van der Waals surface area contributed by atoms with Crippen LogP contribution in [0.3, 0.4) is 0 Å². The molecule has 0 amide bonds. The number of hydrogen-bond donors (Lipinski definition) is 1. The van der Waals surface area contributed by atoms with Crippen LogP contribution in [0.5, 0.6) is 0 Å². The summed E-state index contributed by atoms with van der Waals surface area (Å²) in [6.07, 6.45) is 0. The number of rotatable bonds is 1. The summed E-state index contributed by atoms with van der Waals surface area (Å²) in [6, 6.07) is 6.48. The van der Waals surface area contributed by atoms with Crippen LogP contribution in [0.2, 0.25) is 5.02 Å². The Hall–Kier alpha value is -1.81. The zero-order valence-corrected chi connectivity index (χ0v) is 9.17. The molecule has 1 N–H and O–H groups in total. The molecule has 5 heteroatoms. The number of methoxy groups -OCH3 is 1. The zero-order chi connectivity index (χ0) is 11.7. The Kier molecular flexibility index (Phi) is 2.66. The molecule has 0 atom stereocenters. The minimum absolute atomic E-state index is 0.0303. The monoisotopic (exact) mass is 237 g/mol. The van der Waals surface area contributed by atoms with Gasteiger partial charge in [0.25, 0.3) is 5.56 Å². The third-order valence-electron chi connectivity index (χ3n) is 2.21. The van der Waals surface area contributed by atoms with E-state index in [-0.39, 0.29) is 5.56 Å². The topological polar surface area (TPSA) is 59.2 Å². The van der Waals surface area contributed by atoms with E-state index in [1.807, 2.05) is 0 Å². The van der Waals surface area contributed by atoms with Crippen molar-refractivity contribution in [2.45, 2.75) is 0 Å². The summed E-state index contributed by atoms with van der Waals surface area (Å²) in [4.78, 5) is 25.4. The number of pyridine rings is 1. The minimum Gasteiger partial charge on any atom is -0.465 e. The van der Waals surface area contributed by atoms with Gasteiger partial charge in [-0.25, -0.2) is 4.79 Å². The van der Waals surface area contributed by atoms with Gasteiger partial charge in [0.1, 0.15) is 5.56 Å². The Bertz CT molecular complexity index is 618. The van der Waals surface area contributed by atoms with Crippen LogP contribution in [0.1, 0.15) is 10.4 Å². The second kappa shape index (κ2) is 3.98. The molecule has 1 aromatic heterocycles. The number of fused-ring (bicyclic) bond motifs is 1. The van der Waals surface area contributed by atoms with Crippen molar-refractivity contribution in [3.05, 3.63) is 45.2 Å². The molecule has 0 radical (unpaired) electrons. The number of esters is 1. The number of halogens is 1. The van der Waals surface area contributed by atoms with E-state index < -0.39 is 11.5 Å². The van der Waals surface area contributed by atoms with Gasteiger partial charge in [-0.05, 0) is 24.3 Å².